The van der Waals surface area contributed by atoms with E-state index in [4.69, 9.17) is 17.4 Å². The number of esters is 1. The fraction of sp³-hybridized carbons (Fsp3) is 0.667. The second kappa shape index (κ2) is 7.24. The van der Waals surface area contributed by atoms with Crippen molar-refractivity contribution in [3.05, 3.63) is 12.2 Å². The lowest BCUT2D eigenvalue weighted by Crippen LogP contribution is -2.41. The van der Waals surface area contributed by atoms with E-state index in [0.717, 1.165) is 0 Å². The highest BCUT2D eigenvalue weighted by Crippen LogP contribution is 2.20. The molecular formula is C9H16O5Si3. The highest BCUT2D eigenvalue weighted by Gasteiger charge is 2.44. The Hall–Kier alpha value is -0.259. The Morgan fingerprint density at radius 1 is 1.41 bits per heavy atom. The van der Waals surface area contributed by atoms with Crippen molar-refractivity contribution >= 4 is 33.3 Å². The summed E-state index contributed by atoms with van der Waals surface area (Å²) >= 11 is 0. The summed E-state index contributed by atoms with van der Waals surface area (Å²) in [6.45, 7) is 8.01. The zero-order valence-electron chi connectivity index (χ0n) is 10.1. The maximum Gasteiger partial charge on any atom is 0.479 e. The molecule has 0 atom stereocenters. The molecule has 0 bridgehead atoms. The summed E-state index contributed by atoms with van der Waals surface area (Å²) in [6, 6.07) is 0.699. The van der Waals surface area contributed by atoms with E-state index in [9.17, 15) is 4.79 Å². The van der Waals surface area contributed by atoms with Gasteiger partial charge in [0, 0.05) is 18.2 Å². The van der Waals surface area contributed by atoms with Crippen molar-refractivity contribution in [3.63, 3.8) is 0 Å². The minimum atomic E-state index is -2.42. The number of hydrogen-bond acceptors (Lipinski definition) is 5. The number of ether oxygens (including phenoxy) is 1. The van der Waals surface area contributed by atoms with Crippen LogP contribution in [0.1, 0.15) is 20.3 Å². The van der Waals surface area contributed by atoms with Crippen LogP contribution in [0, 0.1) is 0 Å². The summed E-state index contributed by atoms with van der Waals surface area (Å²) in [6.07, 6.45) is 0.695. The van der Waals surface area contributed by atoms with Crippen LogP contribution in [-0.4, -0.2) is 46.5 Å². The van der Waals surface area contributed by atoms with Crippen LogP contribution in [0.25, 0.3) is 0 Å². The van der Waals surface area contributed by atoms with Gasteiger partial charge in [-0.1, -0.05) is 6.58 Å². The molecule has 1 saturated heterocycles. The van der Waals surface area contributed by atoms with Crippen LogP contribution in [0.3, 0.4) is 0 Å². The fourth-order valence-electron chi connectivity index (χ4n) is 1.25. The molecule has 8 heteroatoms. The molecular weight excluding hydrogens is 272 g/mol. The van der Waals surface area contributed by atoms with E-state index in [1.165, 1.54) is 0 Å². The van der Waals surface area contributed by atoms with E-state index in [1.54, 1.807) is 6.92 Å². The third kappa shape index (κ3) is 4.86. The Kier molecular flexibility index (Phi) is 6.30. The second-order valence-corrected chi connectivity index (χ2v) is 8.96. The van der Waals surface area contributed by atoms with Gasteiger partial charge in [-0.15, -0.1) is 0 Å². The van der Waals surface area contributed by atoms with Gasteiger partial charge in [-0.2, -0.15) is 0 Å². The third-order valence-corrected chi connectivity index (χ3v) is 9.20. The maximum atomic E-state index is 11.1. The minimum absolute atomic E-state index is 0.353. The lowest BCUT2D eigenvalue weighted by atomic mass is 10.4. The van der Waals surface area contributed by atoms with Crippen LogP contribution >= 0.6 is 0 Å². The molecule has 0 unspecified atom stereocenters. The van der Waals surface area contributed by atoms with E-state index in [-0.39, 0.29) is 5.97 Å². The summed E-state index contributed by atoms with van der Waals surface area (Å²) in [5.74, 6) is -0.353. The smallest absolute Gasteiger partial charge is 0.462 e. The van der Waals surface area contributed by atoms with Crippen LogP contribution < -0.4 is 0 Å². The standard InChI is InChI=1S/C9H16O5Si3/c1-4-12-17(13-15-16-14-17)7-5-6-11-9(10)8(2)3/h2,4-7H2,1,3H3. The predicted molar refractivity (Wildman–Crippen MR) is 66.3 cm³/mol. The number of hydrogen-bond donors (Lipinski definition) is 0. The average Bonchev–Trinajstić information content (AvgIpc) is 2.73. The van der Waals surface area contributed by atoms with Crippen molar-refractivity contribution in [2.24, 2.45) is 0 Å². The van der Waals surface area contributed by atoms with Gasteiger partial charge in [0.15, 0.2) is 0 Å². The van der Waals surface area contributed by atoms with Crippen molar-refractivity contribution in [1.82, 2.24) is 0 Å². The zero-order chi connectivity index (χ0) is 12.7. The lowest BCUT2D eigenvalue weighted by molar-refractivity contribution is -0.139. The fourth-order valence-corrected chi connectivity index (χ4v) is 9.37. The topological polar surface area (TPSA) is 54.0 Å². The van der Waals surface area contributed by atoms with Crippen molar-refractivity contribution < 1.29 is 22.2 Å². The first-order valence-corrected chi connectivity index (χ1v) is 10.2. The maximum absolute atomic E-state index is 11.1. The first-order chi connectivity index (χ1) is 8.09. The summed E-state index contributed by atoms with van der Waals surface area (Å²) in [4.78, 5) is 11.1. The molecule has 0 amide bonds. The lowest BCUT2D eigenvalue weighted by Gasteiger charge is -2.23. The van der Waals surface area contributed by atoms with E-state index in [0.29, 0.717) is 49.8 Å². The van der Waals surface area contributed by atoms with Crippen molar-refractivity contribution in [2.75, 3.05) is 13.2 Å². The summed E-state index contributed by atoms with van der Waals surface area (Å²) in [5, 5.41) is 0. The summed E-state index contributed by atoms with van der Waals surface area (Å²) in [5.41, 5.74) is 0.415. The van der Waals surface area contributed by atoms with Crippen molar-refractivity contribution in [3.8, 4) is 0 Å². The number of carbonyl (C=O) groups is 1. The molecule has 0 aromatic heterocycles. The van der Waals surface area contributed by atoms with Crippen LogP contribution in [0.15, 0.2) is 12.2 Å². The molecule has 0 aromatic rings. The highest BCUT2D eigenvalue weighted by atomic mass is 29.2. The second-order valence-electron chi connectivity index (χ2n) is 3.54. The van der Waals surface area contributed by atoms with Gasteiger partial charge in [0.25, 0.3) is 0 Å². The van der Waals surface area contributed by atoms with Gasteiger partial charge >= 0.3 is 14.8 Å². The van der Waals surface area contributed by atoms with Gasteiger partial charge < -0.3 is 17.4 Å². The Morgan fingerprint density at radius 3 is 2.59 bits per heavy atom. The van der Waals surface area contributed by atoms with Gasteiger partial charge in [0.2, 0.25) is 18.6 Å². The molecule has 0 spiro atoms. The van der Waals surface area contributed by atoms with Gasteiger partial charge in [0.1, 0.15) is 0 Å². The highest BCUT2D eigenvalue weighted by molar-refractivity contribution is 7.03. The molecule has 1 fully saturated rings. The van der Waals surface area contributed by atoms with Crippen molar-refractivity contribution in [1.29, 1.82) is 0 Å². The quantitative estimate of drug-likeness (QED) is 0.298. The Morgan fingerprint density at radius 2 is 2.06 bits per heavy atom. The summed E-state index contributed by atoms with van der Waals surface area (Å²) < 4.78 is 21.8. The molecule has 1 aliphatic heterocycles. The largest absolute Gasteiger partial charge is 0.479 e. The molecule has 17 heavy (non-hydrogen) atoms. The summed E-state index contributed by atoms with van der Waals surface area (Å²) in [7, 11) is -1.63. The van der Waals surface area contributed by atoms with Gasteiger partial charge in [0.05, 0.1) is 6.61 Å². The first kappa shape index (κ1) is 14.8. The third-order valence-electron chi connectivity index (χ3n) is 2.03. The molecule has 0 aromatic carbocycles. The van der Waals surface area contributed by atoms with E-state index in [1.807, 2.05) is 6.92 Å². The van der Waals surface area contributed by atoms with Crippen LogP contribution in [0.2, 0.25) is 6.04 Å². The average molecular weight is 288 g/mol. The minimum Gasteiger partial charge on any atom is -0.462 e. The molecule has 94 valence electrons. The number of carbonyl (C=O) groups excluding carboxylic acids is 1. The molecule has 1 aliphatic rings. The predicted octanol–water partition coefficient (Wildman–Crippen LogP) is 0.671. The first-order valence-electron chi connectivity index (χ1n) is 5.42. The van der Waals surface area contributed by atoms with Gasteiger partial charge in [-0.25, -0.2) is 4.79 Å². The van der Waals surface area contributed by atoms with E-state index >= 15 is 0 Å². The molecule has 0 saturated carbocycles. The number of rotatable bonds is 7. The van der Waals surface area contributed by atoms with E-state index in [2.05, 4.69) is 6.58 Å². The van der Waals surface area contributed by atoms with Crippen molar-refractivity contribution in [2.45, 2.75) is 26.3 Å². The van der Waals surface area contributed by atoms with E-state index < -0.39 is 8.80 Å². The van der Waals surface area contributed by atoms with Gasteiger partial charge in [-0.05, 0) is 20.3 Å². The molecule has 0 N–H and O–H groups in total. The molecule has 4 radical (unpaired) electrons. The molecule has 5 nitrogen and oxygen atoms in total. The van der Waals surface area contributed by atoms with Crippen LogP contribution in [0.5, 0.6) is 0 Å². The molecule has 1 heterocycles. The Balaban J connectivity index is 2.24. The molecule has 0 aliphatic carbocycles. The monoisotopic (exact) mass is 288 g/mol. The SMILES string of the molecule is C=C(C)C(=O)OCCC[Si]1(OCC)O[Si][Si]O1. The van der Waals surface area contributed by atoms with Crippen LogP contribution in [0.4, 0.5) is 0 Å². The molecule has 1 rings (SSSR count). The zero-order valence-corrected chi connectivity index (χ0v) is 13.1. The Bertz CT molecular complexity index is 278. The Labute approximate surface area is 108 Å². The van der Waals surface area contributed by atoms with Crippen LogP contribution in [-0.2, 0) is 22.2 Å². The van der Waals surface area contributed by atoms with Gasteiger partial charge in [-0.3, -0.25) is 0 Å². The normalized spacial score (nSPS) is 18.0.